The summed E-state index contributed by atoms with van der Waals surface area (Å²) in [5, 5.41) is 12.2. The normalized spacial score (nSPS) is 11.2. The minimum atomic E-state index is -3.70. The van der Waals surface area contributed by atoms with Crippen LogP contribution < -0.4 is 0 Å². The summed E-state index contributed by atoms with van der Waals surface area (Å²) in [6.45, 7) is 0. The van der Waals surface area contributed by atoms with Crippen molar-refractivity contribution < 1.29 is 18.1 Å². The number of sulfone groups is 1. The Balaban J connectivity index is 2.25. The van der Waals surface area contributed by atoms with E-state index in [1.165, 1.54) is 24.3 Å². The van der Waals surface area contributed by atoms with Gasteiger partial charge in [-0.05, 0) is 11.4 Å². The third kappa shape index (κ3) is 3.09. The minimum absolute atomic E-state index is 0.0133. The van der Waals surface area contributed by atoms with E-state index in [0.717, 1.165) is 17.4 Å². The second-order valence-corrected chi connectivity index (χ2v) is 7.09. The number of Topliss-reactive ketones (excluding diaryl/α,β-unsaturated/α-hetero) is 1. The van der Waals surface area contributed by atoms with Gasteiger partial charge in [-0.2, -0.15) is 0 Å². The molecule has 0 aliphatic rings. The molecule has 1 aromatic carbocycles. The Bertz CT molecular complexity index is 750. The molecule has 0 amide bonds. The van der Waals surface area contributed by atoms with Gasteiger partial charge in [-0.25, -0.2) is 8.42 Å². The van der Waals surface area contributed by atoms with Gasteiger partial charge < -0.3 is 0 Å². The van der Waals surface area contributed by atoms with Crippen molar-refractivity contribution in [3.05, 3.63) is 57.5 Å². The summed E-state index contributed by atoms with van der Waals surface area (Å²) in [6, 6.07) is 8.02. The molecule has 0 fully saturated rings. The van der Waals surface area contributed by atoms with Crippen molar-refractivity contribution in [1.29, 1.82) is 0 Å². The number of rotatable bonds is 5. The van der Waals surface area contributed by atoms with Crippen LogP contribution in [-0.2, 0) is 9.84 Å². The molecular weight excluding hydrogens is 302 g/mol. The Morgan fingerprint density at radius 2 is 2.00 bits per heavy atom. The second-order valence-electron chi connectivity index (χ2n) is 3.92. The number of nitrogens with zero attached hydrogens (tertiary/aromatic N) is 1. The maximum absolute atomic E-state index is 12.0. The van der Waals surface area contributed by atoms with Crippen molar-refractivity contribution in [2.75, 3.05) is 5.75 Å². The van der Waals surface area contributed by atoms with Crippen LogP contribution in [-0.4, -0.2) is 24.9 Å². The number of non-ortho nitro benzene ring substituents is 1. The number of hydrogen-bond acceptors (Lipinski definition) is 6. The number of nitro benzene ring substituents is 1. The molecule has 1 aromatic heterocycles. The Hall–Kier alpha value is -2.06. The number of thiophene rings is 1. The van der Waals surface area contributed by atoms with Crippen molar-refractivity contribution in [2.45, 2.75) is 4.21 Å². The highest BCUT2D eigenvalue weighted by Crippen LogP contribution is 2.20. The van der Waals surface area contributed by atoms with Gasteiger partial charge in [-0.3, -0.25) is 14.9 Å². The summed E-state index contributed by atoms with van der Waals surface area (Å²) in [7, 11) is -3.70. The molecule has 2 rings (SSSR count). The van der Waals surface area contributed by atoms with Crippen LogP contribution in [0, 0.1) is 10.1 Å². The van der Waals surface area contributed by atoms with E-state index in [1.54, 1.807) is 11.4 Å². The average molecular weight is 311 g/mol. The summed E-state index contributed by atoms with van der Waals surface area (Å²) < 4.78 is 24.0. The third-order valence-corrected chi connectivity index (χ3v) is 5.61. The van der Waals surface area contributed by atoms with E-state index in [1.807, 2.05) is 0 Å². The monoisotopic (exact) mass is 311 g/mol. The summed E-state index contributed by atoms with van der Waals surface area (Å²) in [6.07, 6.45) is 0. The molecule has 0 bridgehead atoms. The fourth-order valence-electron chi connectivity index (χ4n) is 1.56. The van der Waals surface area contributed by atoms with Crippen molar-refractivity contribution in [3.63, 3.8) is 0 Å². The van der Waals surface area contributed by atoms with E-state index in [4.69, 9.17) is 0 Å². The fraction of sp³-hybridized carbons (Fsp3) is 0.0833. The fourth-order valence-corrected chi connectivity index (χ4v) is 3.88. The predicted octanol–water partition coefficient (Wildman–Crippen LogP) is 2.31. The zero-order chi connectivity index (χ0) is 14.8. The van der Waals surface area contributed by atoms with Crippen molar-refractivity contribution >= 4 is 32.6 Å². The van der Waals surface area contributed by atoms with E-state index in [2.05, 4.69) is 0 Å². The molecule has 0 radical (unpaired) electrons. The average Bonchev–Trinajstić information content (AvgIpc) is 2.93. The standard InChI is InChI=1S/C12H9NO5S2/c14-11(8-20(17,18)12-5-2-6-19-12)9-3-1-4-10(7-9)13(15)16/h1-7H,8H2. The molecule has 0 atom stereocenters. The lowest BCUT2D eigenvalue weighted by Gasteiger charge is -2.02. The van der Waals surface area contributed by atoms with Crippen LogP contribution in [0.2, 0.25) is 0 Å². The van der Waals surface area contributed by atoms with Gasteiger partial charge >= 0.3 is 0 Å². The smallest absolute Gasteiger partial charge is 0.270 e. The van der Waals surface area contributed by atoms with Crippen LogP contribution in [0.15, 0.2) is 46.0 Å². The van der Waals surface area contributed by atoms with Crippen LogP contribution in [0.25, 0.3) is 0 Å². The first-order chi connectivity index (χ1) is 9.40. The zero-order valence-corrected chi connectivity index (χ0v) is 11.7. The van der Waals surface area contributed by atoms with Crippen LogP contribution in [0.3, 0.4) is 0 Å². The summed E-state index contributed by atoms with van der Waals surface area (Å²) >= 11 is 1.03. The molecule has 0 saturated heterocycles. The highest BCUT2D eigenvalue weighted by molar-refractivity contribution is 7.94. The molecular formula is C12H9NO5S2. The number of ketones is 1. The number of carbonyl (C=O) groups is 1. The minimum Gasteiger partial charge on any atom is -0.293 e. The van der Waals surface area contributed by atoms with Gasteiger partial charge in [0.1, 0.15) is 9.96 Å². The summed E-state index contributed by atoms with van der Waals surface area (Å²) in [4.78, 5) is 21.9. The lowest BCUT2D eigenvalue weighted by molar-refractivity contribution is -0.384. The molecule has 20 heavy (non-hydrogen) atoms. The molecule has 0 unspecified atom stereocenters. The Morgan fingerprint density at radius 1 is 1.25 bits per heavy atom. The van der Waals surface area contributed by atoms with Crippen LogP contribution in [0.1, 0.15) is 10.4 Å². The molecule has 0 aliphatic heterocycles. The molecule has 0 N–H and O–H groups in total. The SMILES string of the molecule is O=C(CS(=O)(=O)c1cccs1)c1cccc([N+](=O)[O-])c1. The van der Waals surface area contributed by atoms with Crippen molar-refractivity contribution in [3.8, 4) is 0 Å². The quantitative estimate of drug-likeness (QED) is 0.480. The van der Waals surface area contributed by atoms with Gasteiger partial charge in [-0.1, -0.05) is 18.2 Å². The molecule has 6 nitrogen and oxygen atoms in total. The predicted molar refractivity (Wildman–Crippen MR) is 73.8 cm³/mol. The molecule has 104 valence electrons. The lowest BCUT2D eigenvalue weighted by atomic mass is 10.1. The van der Waals surface area contributed by atoms with E-state index in [-0.39, 0.29) is 15.5 Å². The molecule has 0 saturated carbocycles. The summed E-state index contributed by atoms with van der Waals surface area (Å²) in [5.41, 5.74) is -0.233. The lowest BCUT2D eigenvalue weighted by Crippen LogP contribution is -2.15. The molecule has 0 spiro atoms. The molecule has 0 aliphatic carbocycles. The molecule has 8 heteroatoms. The Morgan fingerprint density at radius 3 is 2.60 bits per heavy atom. The van der Waals surface area contributed by atoms with Crippen LogP contribution >= 0.6 is 11.3 Å². The maximum atomic E-state index is 12.0. The van der Waals surface area contributed by atoms with E-state index in [0.29, 0.717) is 0 Å². The van der Waals surface area contributed by atoms with E-state index >= 15 is 0 Å². The highest BCUT2D eigenvalue weighted by Gasteiger charge is 2.22. The first-order valence-electron chi connectivity index (χ1n) is 5.44. The molecule has 1 heterocycles. The number of benzene rings is 1. The third-order valence-electron chi connectivity index (χ3n) is 2.50. The number of nitro groups is 1. The summed E-state index contributed by atoms with van der Waals surface area (Å²) in [5.74, 6) is -1.36. The van der Waals surface area contributed by atoms with Gasteiger partial charge in [0, 0.05) is 17.7 Å². The molecule has 2 aromatic rings. The topological polar surface area (TPSA) is 94.3 Å². The Kier molecular flexibility index (Phi) is 3.96. The highest BCUT2D eigenvalue weighted by atomic mass is 32.2. The Labute approximate surface area is 118 Å². The van der Waals surface area contributed by atoms with Gasteiger partial charge in [0.15, 0.2) is 15.6 Å². The van der Waals surface area contributed by atoms with Crippen LogP contribution in [0.5, 0.6) is 0 Å². The van der Waals surface area contributed by atoms with Crippen molar-refractivity contribution in [1.82, 2.24) is 0 Å². The first-order valence-corrected chi connectivity index (χ1v) is 7.97. The van der Waals surface area contributed by atoms with Crippen molar-refractivity contribution in [2.24, 2.45) is 0 Å². The van der Waals surface area contributed by atoms with E-state index < -0.39 is 26.3 Å². The van der Waals surface area contributed by atoms with Gasteiger partial charge in [0.05, 0.1) is 4.92 Å². The first kappa shape index (κ1) is 14.4. The van der Waals surface area contributed by atoms with Gasteiger partial charge in [-0.15, -0.1) is 11.3 Å². The van der Waals surface area contributed by atoms with Crippen LogP contribution in [0.4, 0.5) is 5.69 Å². The number of hydrogen-bond donors (Lipinski definition) is 0. The maximum Gasteiger partial charge on any atom is 0.270 e. The van der Waals surface area contributed by atoms with Gasteiger partial charge in [0.25, 0.3) is 5.69 Å². The van der Waals surface area contributed by atoms with Gasteiger partial charge in [0.2, 0.25) is 0 Å². The number of carbonyl (C=O) groups excluding carboxylic acids is 1. The van der Waals surface area contributed by atoms with E-state index in [9.17, 15) is 23.3 Å². The zero-order valence-electron chi connectivity index (χ0n) is 10.1. The largest absolute Gasteiger partial charge is 0.293 e. The second kappa shape index (κ2) is 5.51.